The van der Waals surface area contributed by atoms with Crippen molar-refractivity contribution in [3.8, 4) is 11.3 Å². The largest absolute Gasteiger partial charge is 0.382 e. The fourth-order valence-corrected chi connectivity index (χ4v) is 1.61. The number of aromatic nitrogens is 2. The number of nitrogens with two attached hydrogens (primary N) is 1. The Morgan fingerprint density at radius 3 is 2.60 bits per heavy atom. The van der Waals surface area contributed by atoms with Crippen LogP contribution in [0.1, 0.15) is 5.56 Å². The van der Waals surface area contributed by atoms with Crippen molar-refractivity contribution >= 4 is 21.7 Å². The maximum absolute atomic E-state index is 5.76. The van der Waals surface area contributed by atoms with E-state index >= 15 is 0 Å². The Labute approximate surface area is 96.5 Å². The van der Waals surface area contributed by atoms with Crippen LogP contribution >= 0.6 is 15.9 Å². The van der Waals surface area contributed by atoms with Gasteiger partial charge in [-0.25, -0.2) is 4.98 Å². The van der Waals surface area contributed by atoms with Crippen molar-refractivity contribution in [1.29, 1.82) is 0 Å². The predicted molar refractivity (Wildman–Crippen MR) is 64.3 cm³/mol. The number of anilines is 1. The van der Waals surface area contributed by atoms with Gasteiger partial charge in [0.15, 0.2) is 0 Å². The normalized spacial score (nSPS) is 10.3. The SMILES string of the molecule is Cc1cc(-c2nccnc2N)ccc1Br. The summed E-state index contributed by atoms with van der Waals surface area (Å²) in [5.41, 5.74) is 8.62. The summed E-state index contributed by atoms with van der Waals surface area (Å²) in [5.74, 6) is 0.458. The summed E-state index contributed by atoms with van der Waals surface area (Å²) in [5, 5.41) is 0. The summed E-state index contributed by atoms with van der Waals surface area (Å²) < 4.78 is 1.08. The lowest BCUT2D eigenvalue weighted by Gasteiger charge is -2.05. The second kappa shape index (κ2) is 3.98. The molecule has 4 heteroatoms. The third-order valence-corrected chi connectivity index (χ3v) is 3.05. The molecule has 0 bridgehead atoms. The van der Waals surface area contributed by atoms with Crippen molar-refractivity contribution in [3.63, 3.8) is 0 Å². The zero-order chi connectivity index (χ0) is 10.8. The predicted octanol–water partition coefficient (Wildman–Crippen LogP) is 2.80. The number of aryl methyl sites for hydroxylation is 1. The van der Waals surface area contributed by atoms with E-state index in [1.807, 2.05) is 25.1 Å². The van der Waals surface area contributed by atoms with Crippen LogP contribution in [-0.4, -0.2) is 9.97 Å². The van der Waals surface area contributed by atoms with Crippen molar-refractivity contribution in [2.45, 2.75) is 6.92 Å². The summed E-state index contributed by atoms with van der Waals surface area (Å²) in [4.78, 5) is 8.23. The number of hydrogen-bond acceptors (Lipinski definition) is 3. The van der Waals surface area contributed by atoms with Crippen LogP contribution in [0.5, 0.6) is 0 Å². The summed E-state index contributed by atoms with van der Waals surface area (Å²) in [6.07, 6.45) is 3.23. The maximum Gasteiger partial charge on any atom is 0.149 e. The molecule has 2 rings (SSSR count). The first kappa shape index (κ1) is 10.1. The molecule has 0 atom stereocenters. The first-order valence-corrected chi connectivity index (χ1v) is 5.31. The molecule has 15 heavy (non-hydrogen) atoms. The molecule has 0 spiro atoms. The van der Waals surface area contributed by atoms with Gasteiger partial charge in [0.25, 0.3) is 0 Å². The average molecular weight is 264 g/mol. The van der Waals surface area contributed by atoms with Crippen molar-refractivity contribution < 1.29 is 0 Å². The minimum Gasteiger partial charge on any atom is -0.382 e. The molecule has 1 heterocycles. The smallest absolute Gasteiger partial charge is 0.149 e. The highest BCUT2D eigenvalue weighted by Crippen LogP contribution is 2.25. The Hall–Kier alpha value is -1.42. The van der Waals surface area contributed by atoms with E-state index in [1.165, 1.54) is 0 Å². The lowest BCUT2D eigenvalue weighted by atomic mass is 10.1. The first-order chi connectivity index (χ1) is 7.18. The van der Waals surface area contributed by atoms with Crippen LogP contribution in [0, 0.1) is 6.92 Å². The quantitative estimate of drug-likeness (QED) is 0.861. The van der Waals surface area contributed by atoms with Crippen LogP contribution in [-0.2, 0) is 0 Å². The number of nitrogens with zero attached hydrogens (tertiary/aromatic N) is 2. The highest BCUT2D eigenvalue weighted by Gasteiger charge is 2.05. The molecule has 0 saturated heterocycles. The van der Waals surface area contributed by atoms with Crippen LogP contribution in [0.25, 0.3) is 11.3 Å². The summed E-state index contributed by atoms with van der Waals surface area (Å²) in [6.45, 7) is 2.03. The number of hydrogen-bond donors (Lipinski definition) is 1. The summed E-state index contributed by atoms with van der Waals surface area (Å²) in [6, 6.07) is 5.99. The molecule has 0 aliphatic rings. The molecule has 0 unspecified atom stereocenters. The van der Waals surface area contributed by atoms with Gasteiger partial charge < -0.3 is 5.73 Å². The molecule has 0 amide bonds. The van der Waals surface area contributed by atoms with Gasteiger partial charge in [0.1, 0.15) is 11.5 Å². The topological polar surface area (TPSA) is 51.8 Å². The second-order valence-corrected chi connectivity index (χ2v) is 4.11. The Morgan fingerprint density at radius 2 is 1.93 bits per heavy atom. The molecule has 0 saturated carbocycles. The Balaban J connectivity index is 2.55. The molecule has 76 valence electrons. The summed E-state index contributed by atoms with van der Waals surface area (Å²) in [7, 11) is 0. The van der Waals surface area contributed by atoms with Gasteiger partial charge in [-0.2, -0.15) is 0 Å². The number of benzene rings is 1. The van der Waals surface area contributed by atoms with E-state index in [4.69, 9.17) is 5.73 Å². The van der Waals surface area contributed by atoms with Gasteiger partial charge in [-0.3, -0.25) is 4.98 Å². The molecular formula is C11H10BrN3. The van der Waals surface area contributed by atoms with Crippen molar-refractivity contribution in [2.75, 3.05) is 5.73 Å². The van der Waals surface area contributed by atoms with Crippen LogP contribution < -0.4 is 5.73 Å². The van der Waals surface area contributed by atoms with Crippen LogP contribution in [0.4, 0.5) is 5.82 Å². The number of rotatable bonds is 1. The molecule has 2 aromatic rings. The highest BCUT2D eigenvalue weighted by atomic mass is 79.9. The zero-order valence-electron chi connectivity index (χ0n) is 8.24. The Bertz CT molecular complexity index is 497. The highest BCUT2D eigenvalue weighted by molar-refractivity contribution is 9.10. The third kappa shape index (κ3) is 1.99. The molecular weight excluding hydrogens is 254 g/mol. The fourth-order valence-electron chi connectivity index (χ4n) is 1.36. The van der Waals surface area contributed by atoms with Crippen molar-refractivity contribution in [3.05, 3.63) is 40.6 Å². The van der Waals surface area contributed by atoms with Gasteiger partial charge in [0, 0.05) is 22.4 Å². The van der Waals surface area contributed by atoms with E-state index in [0.29, 0.717) is 5.82 Å². The molecule has 0 radical (unpaired) electrons. The molecule has 2 N–H and O–H groups in total. The van der Waals surface area contributed by atoms with Crippen LogP contribution in [0.3, 0.4) is 0 Å². The fraction of sp³-hybridized carbons (Fsp3) is 0.0909. The van der Waals surface area contributed by atoms with E-state index < -0.39 is 0 Å². The Kier molecular flexibility index (Phi) is 2.68. The second-order valence-electron chi connectivity index (χ2n) is 3.25. The maximum atomic E-state index is 5.76. The van der Waals surface area contributed by atoms with Crippen LogP contribution in [0.15, 0.2) is 35.1 Å². The number of halogens is 1. The van der Waals surface area contributed by atoms with Gasteiger partial charge >= 0.3 is 0 Å². The minimum atomic E-state index is 0.458. The van der Waals surface area contributed by atoms with E-state index in [1.54, 1.807) is 12.4 Å². The minimum absolute atomic E-state index is 0.458. The van der Waals surface area contributed by atoms with Crippen molar-refractivity contribution in [2.24, 2.45) is 0 Å². The van der Waals surface area contributed by atoms with E-state index in [0.717, 1.165) is 21.3 Å². The molecule has 0 fully saturated rings. The van der Waals surface area contributed by atoms with Crippen molar-refractivity contribution in [1.82, 2.24) is 9.97 Å². The van der Waals surface area contributed by atoms with Gasteiger partial charge in [-0.15, -0.1) is 0 Å². The monoisotopic (exact) mass is 263 g/mol. The number of nitrogen functional groups attached to an aromatic ring is 1. The van der Waals surface area contributed by atoms with Gasteiger partial charge in [0.2, 0.25) is 0 Å². The van der Waals surface area contributed by atoms with E-state index in [-0.39, 0.29) is 0 Å². The van der Waals surface area contributed by atoms with E-state index in [2.05, 4.69) is 25.9 Å². The first-order valence-electron chi connectivity index (χ1n) is 4.51. The lowest BCUT2D eigenvalue weighted by molar-refractivity contribution is 1.21. The summed E-state index contributed by atoms with van der Waals surface area (Å²) >= 11 is 3.45. The molecule has 0 aliphatic heterocycles. The van der Waals surface area contributed by atoms with Crippen LogP contribution in [0.2, 0.25) is 0 Å². The van der Waals surface area contributed by atoms with Gasteiger partial charge in [-0.1, -0.05) is 22.0 Å². The lowest BCUT2D eigenvalue weighted by Crippen LogP contribution is -1.96. The molecule has 3 nitrogen and oxygen atoms in total. The van der Waals surface area contributed by atoms with E-state index in [9.17, 15) is 0 Å². The molecule has 1 aromatic heterocycles. The third-order valence-electron chi connectivity index (χ3n) is 2.16. The zero-order valence-corrected chi connectivity index (χ0v) is 9.82. The van der Waals surface area contributed by atoms with Gasteiger partial charge in [-0.05, 0) is 24.6 Å². The molecule has 0 aliphatic carbocycles. The molecule has 1 aromatic carbocycles. The standard InChI is InChI=1S/C11H10BrN3/c1-7-6-8(2-3-9(7)12)10-11(13)15-5-4-14-10/h2-6H,1H3,(H2,13,15). The average Bonchev–Trinajstić information content (AvgIpc) is 2.23. The Morgan fingerprint density at radius 1 is 1.20 bits per heavy atom. The van der Waals surface area contributed by atoms with Gasteiger partial charge in [0.05, 0.1) is 0 Å².